The Balaban J connectivity index is 0.000000273. The molecule has 0 spiro atoms. The molecule has 2 aromatic heterocycles. The van der Waals surface area contributed by atoms with E-state index in [2.05, 4.69) is 43.2 Å². The van der Waals surface area contributed by atoms with Crippen molar-refractivity contribution >= 4 is 47.1 Å². The van der Waals surface area contributed by atoms with E-state index in [1.165, 1.54) is 0 Å². The first kappa shape index (κ1) is 44.0. The number of aromatic carboxylic acids is 1. The highest BCUT2D eigenvalue weighted by atomic mass is 35.5. The smallest absolute Gasteiger partial charge is 0.413 e. The number of rotatable bonds is 15. The fourth-order valence-corrected chi connectivity index (χ4v) is 6.32. The molecular formula is C41H53Cl2N5O8. The van der Waals surface area contributed by atoms with E-state index in [4.69, 9.17) is 47.3 Å². The Morgan fingerprint density at radius 1 is 0.804 bits per heavy atom. The number of anilines is 1. The third-order valence-electron chi connectivity index (χ3n) is 8.81. The topological polar surface area (TPSA) is 156 Å². The minimum absolute atomic E-state index is 0.0316. The van der Waals surface area contributed by atoms with E-state index >= 15 is 0 Å². The number of halogens is 2. The summed E-state index contributed by atoms with van der Waals surface area (Å²) >= 11 is 12.3. The summed E-state index contributed by atoms with van der Waals surface area (Å²) in [5.41, 5.74) is 3.46. The summed E-state index contributed by atoms with van der Waals surface area (Å²) in [5.74, 6) is 1.42. The maximum Gasteiger partial charge on any atom is 0.413 e. The Kier molecular flexibility index (Phi) is 16.5. The molecule has 2 heterocycles. The Labute approximate surface area is 338 Å². The summed E-state index contributed by atoms with van der Waals surface area (Å²) < 4.78 is 25.8. The van der Waals surface area contributed by atoms with Gasteiger partial charge < -0.3 is 24.1 Å². The van der Waals surface area contributed by atoms with E-state index in [0.717, 1.165) is 34.0 Å². The van der Waals surface area contributed by atoms with Gasteiger partial charge in [0.05, 0.1) is 38.8 Å². The van der Waals surface area contributed by atoms with Crippen LogP contribution in [0.25, 0.3) is 0 Å². The molecule has 1 saturated carbocycles. The van der Waals surface area contributed by atoms with Gasteiger partial charge in [0, 0.05) is 38.6 Å². The number of carbonyl (C=O) groups excluding carboxylic acids is 2. The van der Waals surface area contributed by atoms with E-state index in [1.807, 2.05) is 38.1 Å². The van der Waals surface area contributed by atoms with Crippen LogP contribution in [-0.4, -0.2) is 68.6 Å². The molecule has 2 N–H and O–H groups in total. The maximum absolute atomic E-state index is 12.4. The first-order valence-corrected chi connectivity index (χ1v) is 19.7. The van der Waals surface area contributed by atoms with Crippen molar-refractivity contribution < 1.29 is 38.4 Å². The second kappa shape index (κ2) is 21.0. The van der Waals surface area contributed by atoms with Crippen molar-refractivity contribution in [3.8, 4) is 11.5 Å². The van der Waals surface area contributed by atoms with Crippen LogP contribution in [0, 0.1) is 31.6 Å². The van der Waals surface area contributed by atoms with Crippen molar-refractivity contribution in [1.29, 1.82) is 0 Å². The molecule has 1 aliphatic carbocycles. The molecule has 0 aliphatic heterocycles. The van der Waals surface area contributed by atoms with Gasteiger partial charge in [0.1, 0.15) is 17.6 Å². The molecule has 4 aromatic rings. The molecule has 1 fully saturated rings. The quantitative estimate of drug-likeness (QED) is 0.111. The van der Waals surface area contributed by atoms with Crippen LogP contribution in [0.4, 0.5) is 10.6 Å². The third-order valence-corrected chi connectivity index (χ3v) is 9.28. The van der Waals surface area contributed by atoms with Crippen LogP contribution in [0.5, 0.6) is 11.5 Å². The predicted octanol–water partition coefficient (Wildman–Crippen LogP) is 9.22. The third kappa shape index (κ3) is 13.5. The lowest BCUT2D eigenvalue weighted by atomic mass is 9.87. The van der Waals surface area contributed by atoms with Crippen LogP contribution in [0.1, 0.15) is 93.3 Å². The average molecular weight is 815 g/mol. The number of ether oxygens (including phenoxy) is 4. The van der Waals surface area contributed by atoms with Gasteiger partial charge in [0.2, 0.25) is 0 Å². The standard InChI is InChI=1S/C25H34ClN3O5.C16H19ClN2O3/c1-5-32-24(30)18-6-9-21(10-7-18)34-25(31)27-23-12-17(4)29(28-23)14-19-13-20(26)8-11-22(19)33-15-16(2)3;1-10(2)9-22-15-5-4-13(17)7-12(15)8-19-11(3)6-14(18-19)16(20)21/h8,11-13,16,18,21H,5-7,9-10,14-15H2,1-4H3,(H,27,28,31);4-7,10H,8-9H2,1-3H3,(H,20,21). The SMILES string of the molecule is CCOC(=O)C1CCC(OC(=O)Nc2cc(C)n(Cc3cc(Cl)ccc3OCC(C)C)n2)CC1.Cc1cc(C(=O)O)nn1Cc1cc(Cl)ccc1OCC(C)C. The zero-order valence-corrected chi connectivity index (χ0v) is 34.7. The number of amides is 1. The van der Waals surface area contributed by atoms with E-state index in [9.17, 15) is 14.4 Å². The molecular weight excluding hydrogens is 761 g/mol. The average Bonchev–Trinajstić information content (AvgIpc) is 3.68. The van der Waals surface area contributed by atoms with E-state index in [0.29, 0.717) is 86.3 Å². The highest BCUT2D eigenvalue weighted by Crippen LogP contribution is 2.29. The van der Waals surface area contributed by atoms with Gasteiger partial charge in [-0.3, -0.25) is 19.5 Å². The zero-order chi connectivity index (χ0) is 40.9. The lowest BCUT2D eigenvalue weighted by Crippen LogP contribution is -2.30. The van der Waals surface area contributed by atoms with Crippen molar-refractivity contribution in [2.24, 2.45) is 17.8 Å². The first-order valence-electron chi connectivity index (χ1n) is 18.9. The van der Waals surface area contributed by atoms with E-state index < -0.39 is 12.1 Å². The van der Waals surface area contributed by atoms with E-state index in [1.54, 1.807) is 40.6 Å². The van der Waals surface area contributed by atoms with Crippen molar-refractivity contribution in [3.05, 3.63) is 86.8 Å². The van der Waals surface area contributed by atoms with Gasteiger partial charge in [-0.15, -0.1) is 0 Å². The number of hydrogen-bond acceptors (Lipinski definition) is 9. The number of hydrogen-bond donors (Lipinski definition) is 2. The molecule has 2 aromatic carbocycles. The Hall–Kier alpha value is -4.75. The van der Waals surface area contributed by atoms with Gasteiger partial charge in [0.15, 0.2) is 11.5 Å². The van der Waals surface area contributed by atoms with Crippen LogP contribution in [0.2, 0.25) is 10.0 Å². The van der Waals surface area contributed by atoms with Crippen LogP contribution in [-0.2, 0) is 27.4 Å². The number of aryl methyl sites for hydroxylation is 2. The van der Waals surface area contributed by atoms with E-state index in [-0.39, 0.29) is 23.7 Å². The monoisotopic (exact) mass is 813 g/mol. The summed E-state index contributed by atoms with van der Waals surface area (Å²) in [5, 5.41) is 21.5. The van der Waals surface area contributed by atoms with Crippen LogP contribution >= 0.6 is 23.2 Å². The molecule has 304 valence electrons. The Bertz CT molecular complexity index is 1930. The normalized spacial score (nSPS) is 15.2. The summed E-state index contributed by atoms with van der Waals surface area (Å²) in [4.78, 5) is 35.3. The fraction of sp³-hybridized carbons (Fsp3) is 0.488. The second-order valence-corrected chi connectivity index (χ2v) is 15.5. The van der Waals surface area contributed by atoms with Gasteiger partial charge in [0.25, 0.3) is 0 Å². The molecule has 0 unspecified atom stereocenters. The number of aromatic nitrogens is 4. The van der Waals surface area contributed by atoms with Gasteiger partial charge in [-0.2, -0.15) is 10.2 Å². The summed E-state index contributed by atoms with van der Waals surface area (Å²) in [6, 6.07) is 14.3. The molecule has 0 radical (unpaired) electrons. The minimum Gasteiger partial charge on any atom is -0.493 e. The van der Waals surface area contributed by atoms with Gasteiger partial charge >= 0.3 is 18.0 Å². The Morgan fingerprint density at radius 2 is 1.32 bits per heavy atom. The van der Waals surface area contributed by atoms with Gasteiger partial charge in [-0.05, 0) is 101 Å². The first-order chi connectivity index (χ1) is 26.6. The molecule has 13 nitrogen and oxygen atoms in total. The number of nitrogens with one attached hydrogen (secondary N) is 1. The van der Waals surface area contributed by atoms with Gasteiger partial charge in [-0.1, -0.05) is 50.9 Å². The lowest BCUT2D eigenvalue weighted by molar-refractivity contribution is -0.149. The van der Waals surface area contributed by atoms with Crippen LogP contribution in [0.15, 0.2) is 48.5 Å². The highest BCUT2D eigenvalue weighted by Gasteiger charge is 2.29. The molecule has 1 aliphatic rings. The number of benzene rings is 2. The van der Waals surface area contributed by atoms with Crippen molar-refractivity contribution in [2.75, 3.05) is 25.1 Å². The number of carboxylic acid groups (broad SMARTS) is 1. The number of esters is 1. The molecule has 0 saturated heterocycles. The maximum atomic E-state index is 12.4. The van der Waals surface area contributed by atoms with Crippen LogP contribution in [0.3, 0.4) is 0 Å². The fourth-order valence-electron chi connectivity index (χ4n) is 5.93. The van der Waals surface area contributed by atoms with Crippen LogP contribution < -0.4 is 14.8 Å². The largest absolute Gasteiger partial charge is 0.493 e. The molecule has 0 atom stereocenters. The zero-order valence-electron chi connectivity index (χ0n) is 33.1. The molecule has 56 heavy (non-hydrogen) atoms. The number of nitrogens with zero attached hydrogens (tertiary/aromatic N) is 4. The minimum atomic E-state index is -1.04. The molecule has 15 heteroatoms. The lowest BCUT2D eigenvalue weighted by Gasteiger charge is -2.26. The highest BCUT2D eigenvalue weighted by molar-refractivity contribution is 6.31. The van der Waals surface area contributed by atoms with Gasteiger partial charge in [-0.25, -0.2) is 9.59 Å². The molecule has 1 amide bonds. The molecule has 5 rings (SSSR count). The number of carboxylic acids is 1. The van der Waals surface area contributed by atoms with Crippen molar-refractivity contribution in [2.45, 2.75) is 93.3 Å². The second-order valence-electron chi connectivity index (χ2n) is 14.6. The summed E-state index contributed by atoms with van der Waals surface area (Å²) in [6.45, 7) is 16.3. The number of carbonyl (C=O) groups is 3. The predicted molar refractivity (Wildman–Crippen MR) is 215 cm³/mol. The Morgan fingerprint density at radius 3 is 1.80 bits per heavy atom. The molecule has 0 bridgehead atoms. The summed E-state index contributed by atoms with van der Waals surface area (Å²) in [6.07, 6.45) is 1.82. The van der Waals surface area contributed by atoms with Crippen molar-refractivity contribution in [1.82, 2.24) is 19.6 Å². The summed E-state index contributed by atoms with van der Waals surface area (Å²) in [7, 11) is 0. The van der Waals surface area contributed by atoms with Crippen molar-refractivity contribution in [3.63, 3.8) is 0 Å².